The highest BCUT2D eigenvalue weighted by Gasteiger charge is 2.38. The zero-order valence-electron chi connectivity index (χ0n) is 10.5. The van der Waals surface area contributed by atoms with E-state index in [4.69, 9.17) is 0 Å². The normalized spacial score (nSPS) is 25.6. The van der Waals surface area contributed by atoms with Crippen molar-refractivity contribution in [1.29, 1.82) is 0 Å². The van der Waals surface area contributed by atoms with Crippen molar-refractivity contribution in [3.8, 4) is 0 Å². The van der Waals surface area contributed by atoms with Gasteiger partial charge in [-0.05, 0) is 36.7 Å². The first-order valence-corrected chi connectivity index (χ1v) is 7.13. The van der Waals surface area contributed by atoms with Crippen LogP contribution in [0.2, 0.25) is 0 Å². The van der Waals surface area contributed by atoms with E-state index in [1.165, 1.54) is 30.4 Å². The minimum atomic E-state index is 0.485. The van der Waals surface area contributed by atoms with Gasteiger partial charge in [0.15, 0.2) is 0 Å². The van der Waals surface area contributed by atoms with Crippen molar-refractivity contribution in [3.63, 3.8) is 0 Å². The Balaban J connectivity index is 2.18. The van der Waals surface area contributed by atoms with Crippen molar-refractivity contribution in [2.24, 2.45) is 11.3 Å². The second-order valence-electron chi connectivity index (χ2n) is 5.80. The van der Waals surface area contributed by atoms with Gasteiger partial charge in [0.25, 0.3) is 0 Å². The number of aryl methyl sites for hydroxylation is 1. The van der Waals surface area contributed by atoms with Crippen LogP contribution < -0.4 is 0 Å². The van der Waals surface area contributed by atoms with Gasteiger partial charge in [-0.1, -0.05) is 66.0 Å². The summed E-state index contributed by atoms with van der Waals surface area (Å²) in [6, 6.07) is 8.96. The van der Waals surface area contributed by atoms with E-state index >= 15 is 0 Å². The highest BCUT2D eigenvalue weighted by atomic mass is 79.9. The molecule has 2 unspecified atom stereocenters. The predicted octanol–water partition coefficient (Wildman–Crippen LogP) is 5.26. The number of alkyl halides is 1. The van der Waals surface area contributed by atoms with E-state index in [-0.39, 0.29) is 0 Å². The van der Waals surface area contributed by atoms with Gasteiger partial charge in [0, 0.05) is 4.83 Å². The highest BCUT2D eigenvalue weighted by molar-refractivity contribution is 9.09. The maximum Gasteiger partial charge on any atom is 0.0428 e. The van der Waals surface area contributed by atoms with Crippen molar-refractivity contribution >= 4 is 15.9 Å². The second-order valence-corrected chi connectivity index (χ2v) is 6.79. The Morgan fingerprint density at radius 1 is 1.25 bits per heavy atom. The average Bonchev–Trinajstić information content (AvgIpc) is 2.58. The van der Waals surface area contributed by atoms with Gasteiger partial charge < -0.3 is 0 Å². The molecule has 1 fully saturated rings. The average molecular weight is 281 g/mol. The number of hydrogen-bond acceptors (Lipinski definition) is 0. The summed E-state index contributed by atoms with van der Waals surface area (Å²) in [4.78, 5) is 0.519. The van der Waals surface area contributed by atoms with Crippen LogP contribution >= 0.6 is 15.9 Å². The number of benzene rings is 1. The lowest BCUT2D eigenvalue weighted by Crippen LogP contribution is -2.21. The molecule has 0 heterocycles. The third-order valence-corrected chi connectivity index (χ3v) is 5.26. The Hall–Kier alpha value is -0.300. The van der Waals surface area contributed by atoms with Crippen molar-refractivity contribution in [2.75, 3.05) is 0 Å². The summed E-state index contributed by atoms with van der Waals surface area (Å²) in [7, 11) is 0. The quantitative estimate of drug-likeness (QED) is 0.649. The molecule has 0 bridgehead atoms. The van der Waals surface area contributed by atoms with Crippen molar-refractivity contribution < 1.29 is 0 Å². The first-order valence-electron chi connectivity index (χ1n) is 6.21. The molecule has 0 saturated heterocycles. The molecule has 1 saturated carbocycles. The molecule has 1 aliphatic rings. The third kappa shape index (κ3) is 2.34. The van der Waals surface area contributed by atoms with Gasteiger partial charge >= 0.3 is 0 Å². The molecule has 1 aromatic carbocycles. The molecule has 0 N–H and O–H groups in total. The van der Waals surface area contributed by atoms with Crippen molar-refractivity contribution in [1.82, 2.24) is 0 Å². The SMILES string of the molecule is Cc1ccc(C(Br)C2CCCC2(C)C)cc1. The Labute approximate surface area is 108 Å². The molecule has 0 aromatic heterocycles. The number of halogens is 1. The van der Waals surface area contributed by atoms with E-state index in [1.807, 2.05) is 0 Å². The van der Waals surface area contributed by atoms with E-state index in [2.05, 4.69) is 61.0 Å². The monoisotopic (exact) mass is 280 g/mol. The molecule has 1 aromatic rings. The highest BCUT2D eigenvalue weighted by Crippen LogP contribution is 2.51. The largest absolute Gasteiger partial charge is 0.0836 e. The maximum absolute atomic E-state index is 3.91. The summed E-state index contributed by atoms with van der Waals surface area (Å²) in [5, 5.41) is 0. The Morgan fingerprint density at radius 2 is 1.88 bits per heavy atom. The van der Waals surface area contributed by atoms with E-state index in [1.54, 1.807) is 0 Å². The molecule has 0 spiro atoms. The van der Waals surface area contributed by atoms with Crippen molar-refractivity contribution in [3.05, 3.63) is 35.4 Å². The van der Waals surface area contributed by atoms with Gasteiger partial charge in [-0.25, -0.2) is 0 Å². The lowest BCUT2D eigenvalue weighted by atomic mass is 9.78. The zero-order valence-corrected chi connectivity index (χ0v) is 12.0. The molecule has 88 valence electrons. The minimum Gasteiger partial charge on any atom is -0.0836 e. The molecule has 16 heavy (non-hydrogen) atoms. The number of rotatable bonds is 2. The van der Waals surface area contributed by atoms with Crippen LogP contribution in [-0.2, 0) is 0 Å². The summed E-state index contributed by atoms with van der Waals surface area (Å²) >= 11 is 3.91. The van der Waals surface area contributed by atoms with Crippen LogP contribution in [0.15, 0.2) is 24.3 Å². The summed E-state index contributed by atoms with van der Waals surface area (Å²) in [6.07, 6.45) is 4.11. The maximum atomic E-state index is 3.91. The van der Waals surface area contributed by atoms with Gasteiger partial charge in [0.2, 0.25) is 0 Å². The molecule has 0 amide bonds. The third-order valence-electron chi connectivity index (χ3n) is 4.09. The van der Waals surface area contributed by atoms with Crippen LogP contribution in [0, 0.1) is 18.3 Å². The van der Waals surface area contributed by atoms with E-state index in [0.29, 0.717) is 10.2 Å². The smallest absolute Gasteiger partial charge is 0.0428 e. The molecule has 1 heteroatoms. The molecule has 0 nitrogen and oxygen atoms in total. The molecule has 2 atom stereocenters. The Bertz CT molecular complexity index is 350. The topological polar surface area (TPSA) is 0 Å². The fraction of sp³-hybridized carbons (Fsp3) is 0.600. The Morgan fingerprint density at radius 3 is 2.38 bits per heavy atom. The van der Waals surface area contributed by atoms with Crippen molar-refractivity contribution in [2.45, 2.75) is 44.9 Å². The summed E-state index contributed by atoms with van der Waals surface area (Å²) in [5.41, 5.74) is 3.26. The van der Waals surface area contributed by atoms with Crippen LogP contribution in [-0.4, -0.2) is 0 Å². The molecule has 2 rings (SSSR count). The van der Waals surface area contributed by atoms with Crippen LogP contribution in [0.3, 0.4) is 0 Å². The Kier molecular flexibility index (Phi) is 3.44. The van der Waals surface area contributed by atoms with E-state index < -0.39 is 0 Å². The van der Waals surface area contributed by atoms with Gasteiger partial charge in [0.1, 0.15) is 0 Å². The zero-order chi connectivity index (χ0) is 11.8. The molecular weight excluding hydrogens is 260 g/mol. The molecule has 0 radical (unpaired) electrons. The summed E-state index contributed by atoms with van der Waals surface area (Å²) in [5.74, 6) is 0.773. The lowest BCUT2D eigenvalue weighted by Gasteiger charge is -2.31. The summed E-state index contributed by atoms with van der Waals surface area (Å²) < 4.78 is 0. The standard InChI is InChI=1S/C15H21Br/c1-11-6-8-12(9-7-11)14(16)13-5-4-10-15(13,2)3/h6-9,13-14H,4-5,10H2,1-3H3. The van der Waals surface area contributed by atoms with Gasteiger partial charge in [-0.3, -0.25) is 0 Å². The van der Waals surface area contributed by atoms with Gasteiger partial charge in [-0.2, -0.15) is 0 Å². The predicted molar refractivity (Wildman–Crippen MR) is 74.0 cm³/mol. The van der Waals surface area contributed by atoms with E-state index in [0.717, 1.165) is 5.92 Å². The molecule has 0 aliphatic heterocycles. The van der Waals surface area contributed by atoms with Crippen LogP contribution in [0.5, 0.6) is 0 Å². The lowest BCUT2D eigenvalue weighted by molar-refractivity contribution is 0.257. The number of hydrogen-bond donors (Lipinski definition) is 0. The fourth-order valence-corrected chi connectivity index (χ4v) is 4.16. The van der Waals surface area contributed by atoms with E-state index in [9.17, 15) is 0 Å². The summed E-state index contributed by atoms with van der Waals surface area (Å²) in [6.45, 7) is 6.97. The fourth-order valence-electron chi connectivity index (χ4n) is 2.88. The molecule has 1 aliphatic carbocycles. The molecular formula is C15H21Br. The van der Waals surface area contributed by atoms with Crippen LogP contribution in [0.1, 0.15) is 49.1 Å². The van der Waals surface area contributed by atoms with Gasteiger partial charge in [0.05, 0.1) is 0 Å². The second kappa shape index (κ2) is 4.52. The van der Waals surface area contributed by atoms with Crippen LogP contribution in [0.4, 0.5) is 0 Å². The van der Waals surface area contributed by atoms with Gasteiger partial charge in [-0.15, -0.1) is 0 Å². The van der Waals surface area contributed by atoms with Crippen LogP contribution in [0.25, 0.3) is 0 Å². The first-order chi connectivity index (χ1) is 7.50. The minimum absolute atomic E-state index is 0.485. The first kappa shape index (κ1) is 12.2.